The second-order valence-electron chi connectivity index (χ2n) is 8.82. The maximum absolute atomic E-state index is 13.4. The van der Waals surface area contributed by atoms with Crippen molar-refractivity contribution in [3.63, 3.8) is 0 Å². The van der Waals surface area contributed by atoms with E-state index in [0.717, 1.165) is 37.3 Å². The molecule has 0 spiro atoms. The number of likely N-dealkylation sites (tertiary alicyclic amines) is 1. The second-order valence-corrected chi connectivity index (χ2v) is 10.7. The van der Waals surface area contributed by atoms with E-state index in [4.69, 9.17) is 4.42 Å². The van der Waals surface area contributed by atoms with Crippen LogP contribution in [0, 0.1) is 0 Å². The van der Waals surface area contributed by atoms with Crippen molar-refractivity contribution in [3.8, 4) is 0 Å². The van der Waals surface area contributed by atoms with Gasteiger partial charge in [-0.25, -0.2) is 8.42 Å². The molecule has 1 atom stereocenters. The summed E-state index contributed by atoms with van der Waals surface area (Å²) in [6.07, 6.45) is 5.81. The molecular formula is C26H29N3O4S. The summed E-state index contributed by atoms with van der Waals surface area (Å²) in [5.41, 5.74) is 2.05. The number of hydrogen-bond donors (Lipinski definition) is 1. The molecule has 1 saturated heterocycles. The Hall–Kier alpha value is -3.10. The third-order valence-electron chi connectivity index (χ3n) is 6.69. The summed E-state index contributed by atoms with van der Waals surface area (Å²) in [7, 11) is -3.76. The Kier molecular flexibility index (Phi) is 6.43. The fourth-order valence-corrected chi connectivity index (χ4v) is 6.44. The second kappa shape index (κ2) is 9.64. The van der Waals surface area contributed by atoms with E-state index < -0.39 is 10.0 Å². The molecule has 0 aliphatic carbocycles. The topological polar surface area (TPSA) is 82.9 Å². The van der Waals surface area contributed by atoms with Gasteiger partial charge in [-0.3, -0.25) is 14.0 Å². The van der Waals surface area contributed by atoms with Gasteiger partial charge in [-0.15, -0.1) is 0 Å². The van der Waals surface area contributed by atoms with Crippen molar-refractivity contribution in [2.75, 3.05) is 30.5 Å². The number of carbonyl (C=O) groups excluding carboxylic acids is 1. The first kappa shape index (κ1) is 22.7. The standard InChI is InChI=1S/C26H29N3O4S/c30-26(27-19-24(25-12-7-17-33-25)28-14-4-1-5-15-28)21-9-6-10-22(18-21)34(31,32)29-16-13-20-8-2-3-11-23(20)29/h2-3,6-12,17-18,24H,1,4-5,13-16,19H2,(H,27,30)/t24-/m1/s1. The van der Waals surface area contributed by atoms with Gasteiger partial charge in [0.25, 0.3) is 15.9 Å². The highest BCUT2D eigenvalue weighted by Crippen LogP contribution is 2.33. The van der Waals surface area contributed by atoms with Crippen molar-refractivity contribution in [3.05, 3.63) is 83.8 Å². The largest absolute Gasteiger partial charge is 0.468 e. The van der Waals surface area contributed by atoms with Crippen LogP contribution < -0.4 is 9.62 Å². The number of furan rings is 1. The van der Waals surface area contributed by atoms with Crippen LogP contribution in [0.25, 0.3) is 0 Å². The molecule has 5 rings (SSSR count). The number of amides is 1. The van der Waals surface area contributed by atoms with E-state index in [1.165, 1.54) is 16.8 Å². The Balaban J connectivity index is 1.32. The van der Waals surface area contributed by atoms with Crippen LogP contribution in [0.4, 0.5) is 5.69 Å². The Labute approximate surface area is 200 Å². The van der Waals surface area contributed by atoms with Gasteiger partial charge >= 0.3 is 0 Å². The first-order valence-electron chi connectivity index (χ1n) is 11.8. The first-order chi connectivity index (χ1) is 16.5. The Morgan fingerprint density at radius 3 is 2.59 bits per heavy atom. The molecule has 2 aliphatic rings. The lowest BCUT2D eigenvalue weighted by atomic mass is 10.1. The highest BCUT2D eigenvalue weighted by Gasteiger charge is 2.31. The molecule has 3 heterocycles. The number of carbonyl (C=O) groups is 1. The third-order valence-corrected chi connectivity index (χ3v) is 8.50. The summed E-state index contributed by atoms with van der Waals surface area (Å²) < 4.78 is 33.8. The van der Waals surface area contributed by atoms with E-state index in [1.54, 1.807) is 24.5 Å². The molecule has 34 heavy (non-hydrogen) atoms. The fraction of sp³-hybridized carbons (Fsp3) is 0.346. The average Bonchev–Trinajstić information content (AvgIpc) is 3.56. The van der Waals surface area contributed by atoms with Gasteiger partial charge in [-0.2, -0.15) is 0 Å². The van der Waals surface area contributed by atoms with Crippen molar-refractivity contribution < 1.29 is 17.6 Å². The lowest BCUT2D eigenvalue weighted by Gasteiger charge is -2.33. The number of para-hydroxylation sites is 1. The molecule has 1 amide bonds. The van der Waals surface area contributed by atoms with Gasteiger partial charge in [0.15, 0.2) is 0 Å². The van der Waals surface area contributed by atoms with Crippen LogP contribution in [0.1, 0.15) is 47.0 Å². The maximum atomic E-state index is 13.4. The number of sulfonamides is 1. The predicted octanol–water partition coefficient (Wildman–Crippen LogP) is 3.99. The number of fused-ring (bicyclic) bond motifs is 1. The van der Waals surface area contributed by atoms with Gasteiger partial charge in [0.1, 0.15) is 5.76 Å². The van der Waals surface area contributed by atoms with Gasteiger partial charge in [0.05, 0.1) is 22.9 Å². The zero-order valence-electron chi connectivity index (χ0n) is 19.0. The minimum Gasteiger partial charge on any atom is -0.468 e. The molecule has 0 saturated carbocycles. The Morgan fingerprint density at radius 2 is 1.79 bits per heavy atom. The van der Waals surface area contributed by atoms with Crippen LogP contribution >= 0.6 is 0 Å². The number of piperidine rings is 1. The number of rotatable bonds is 7. The normalized spacial score (nSPS) is 17.4. The van der Waals surface area contributed by atoms with Crippen LogP contribution in [-0.2, 0) is 16.4 Å². The smallest absolute Gasteiger partial charge is 0.264 e. The van der Waals surface area contributed by atoms with Gasteiger partial charge in [-0.1, -0.05) is 30.7 Å². The van der Waals surface area contributed by atoms with Gasteiger partial charge in [-0.05, 0) is 74.3 Å². The summed E-state index contributed by atoms with van der Waals surface area (Å²) in [4.78, 5) is 15.5. The lowest BCUT2D eigenvalue weighted by molar-refractivity contribution is 0.0914. The summed E-state index contributed by atoms with van der Waals surface area (Å²) >= 11 is 0. The van der Waals surface area contributed by atoms with Gasteiger partial charge in [0, 0.05) is 18.7 Å². The van der Waals surface area contributed by atoms with Gasteiger partial charge in [0.2, 0.25) is 0 Å². The number of hydrogen-bond acceptors (Lipinski definition) is 5. The van der Waals surface area contributed by atoms with Crippen LogP contribution in [0.15, 0.2) is 76.2 Å². The molecule has 2 aromatic carbocycles. The summed E-state index contributed by atoms with van der Waals surface area (Å²) in [6.45, 7) is 2.72. The average molecular weight is 480 g/mol. The van der Waals surface area contributed by atoms with Crippen molar-refractivity contribution in [2.24, 2.45) is 0 Å². The van der Waals surface area contributed by atoms with Crippen molar-refractivity contribution in [2.45, 2.75) is 36.6 Å². The van der Waals surface area contributed by atoms with E-state index in [2.05, 4.69) is 10.2 Å². The molecule has 2 aliphatic heterocycles. The SMILES string of the molecule is O=C(NC[C@H](c1ccco1)N1CCCCC1)c1cccc(S(=O)(=O)N2CCc3ccccc32)c1. The minimum atomic E-state index is -3.76. The molecule has 3 aromatic rings. The zero-order valence-corrected chi connectivity index (χ0v) is 19.8. The van der Waals surface area contributed by atoms with Crippen molar-refractivity contribution >= 4 is 21.6 Å². The van der Waals surface area contributed by atoms with Gasteiger partial charge < -0.3 is 9.73 Å². The van der Waals surface area contributed by atoms with E-state index in [1.807, 2.05) is 36.4 Å². The monoisotopic (exact) mass is 479 g/mol. The predicted molar refractivity (Wildman–Crippen MR) is 130 cm³/mol. The van der Waals surface area contributed by atoms with E-state index in [-0.39, 0.29) is 16.8 Å². The van der Waals surface area contributed by atoms with E-state index in [9.17, 15) is 13.2 Å². The first-order valence-corrected chi connectivity index (χ1v) is 13.2. The zero-order chi connectivity index (χ0) is 23.5. The fourth-order valence-electron chi connectivity index (χ4n) is 4.89. The number of nitrogens with zero attached hydrogens (tertiary/aromatic N) is 2. The van der Waals surface area contributed by atoms with Crippen LogP contribution in [0.5, 0.6) is 0 Å². The van der Waals surface area contributed by atoms with E-state index in [0.29, 0.717) is 30.8 Å². The Morgan fingerprint density at radius 1 is 0.971 bits per heavy atom. The number of nitrogens with one attached hydrogen (secondary N) is 1. The molecule has 0 bridgehead atoms. The van der Waals surface area contributed by atoms with Crippen LogP contribution in [-0.4, -0.2) is 45.4 Å². The molecule has 0 unspecified atom stereocenters. The number of anilines is 1. The molecule has 1 aromatic heterocycles. The molecule has 8 heteroatoms. The minimum absolute atomic E-state index is 0.0488. The summed E-state index contributed by atoms with van der Waals surface area (Å²) in [5, 5.41) is 3.00. The van der Waals surface area contributed by atoms with Crippen LogP contribution in [0.2, 0.25) is 0 Å². The van der Waals surface area contributed by atoms with Crippen molar-refractivity contribution in [1.82, 2.24) is 10.2 Å². The molecular weight excluding hydrogens is 450 g/mol. The lowest BCUT2D eigenvalue weighted by Crippen LogP contribution is -2.40. The summed E-state index contributed by atoms with van der Waals surface area (Å²) in [5.74, 6) is 0.527. The maximum Gasteiger partial charge on any atom is 0.264 e. The summed E-state index contributed by atoms with van der Waals surface area (Å²) in [6, 6.07) is 17.6. The quantitative estimate of drug-likeness (QED) is 0.554. The highest BCUT2D eigenvalue weighted by molar-refractivity contribution is 7.92. The molecule has 0 radical (unpaired) electrons. The van der Waals surface area contributed by atoms with E-state index >= 15 is 0 Å². The van der Waals surface area contributed by atoms with Crippen LogP contribution in [0.3, 0.4) is 0 Å². The highest BCUT2D eigenvalue weighted by atomic mass is 32.2. The van der Waals surface area contributed by atoms with Crippen molar-refractivity contribution in [1.29, 1.82) is 0 Å². The molecule has 178 valence electrons. The molecule has 1 N–H and O–H groups in total. The number of benzene rings is 2. The Bertz CT molecular complexity index is 1250. The third kappa shape index (κ3) is 4.48. The molecule has 1 fully saturated rings. The molecule has 7 nitrogen and oxygen atoms in total.